The summed E-state index contributed by atoms with van der Waals surface area (Å²) < 4.78 is 0. The van der Waals surface area contributed by atoms with E-state index in [4.69, 9.17) is 0 Å². The molecule has 0 bridgehead atoms. The Bertz CT molecular complexity index is 462. The molecule has 5 nitrogen and oxygen atoms in total. The van der Waals surface area contributed by atoms with E-state index >= 15 is 0 Å². The molecule has 19 heavy (non-hydrogen) atoms. The summed E-state index contributed by atoms with van der Waals surface area (Å²) in [5.41, 5.74) is 0.743. The summed E-state index contributed by atoms with van der Waals surface area (Å²) in [4.78, 5) is 14.9. The largest absolute Gasteiger partial charge is 0.367 e. The van der Waals surface area contributed by atoms with Gasteiger partial charge in [0.05, 0.1) is 11.0 Å². The Labute approximate surface area is 113 Å². The van der Waals surface area contributed by atoms with Gasteiger partial charge in [0.25, 0.3) is 5.69 Å². The quantitative estimate of drug-likeness (QED) is 0.664. The highest BCUT2D eigenvalue weighted by Gasteiger charge is 2.24. The molecule has 0 aromatic carbocycles. The van der Waals surface area contributed by atoms with Crippen molar-refractivity contribution >= 4 is 11.5 Å². The monoisotopic (exact) mass is 263 g/mol. The molecule has 0 amide bonds. The molecule has 1 N–H and O–H groups in total. The lowest BCUT2D eigenvalue weighted by Crippen LogP contribution is -2.32. The van der Waals surface area contributed by atoms with Gasteiger partial charge in [0.2, 0.25) is 0 Å². The maximum absolute atomic E-state index is 10.9. The van der Waals surface area contributed by atoms with Crippen molar-refractivity contribution in [3.05, 3.63) is 27.9 Å². The molecule has 1 aliphatic rings. The first-order chi connectivity index (χ1) is 9.11. The summed E-state index contributed by atoms with van der Waals surface area (Å²) in [6.45, 7) is 3.92. The van der Waals surface area contributed by atoms with Gasteiger partial charge in [0.15, 0.2) is 0 Å². The second-order valence-corrected chi connectivity index (χ2v) is 5.32. The molecular weight excluding hydrogens is 242 g/mol. The molecule has 0 spiro atoms. The standard InChI is InChI=1S/C14H21N3O2/c1-3-11-6-4-5-7-12(11)16-14-8-13(17(18)19)10(2)9-15-14/h8-9,11-12H,3-7H2,1-2H3,(H,15,16). The fraction of sp³-hybridized carbons (Fsp3) is 0.643. The Morgan fingerprint density at radius 3 is 2.89 bits per heavy atom. The molecule has 1 fully saturated rings. The normalized spacial score (nSPS) is 23.1. The number of rotatable bonds is 4. The molecule has 1 saturated carbocycles. The summed E-state index contributed by atoms with van der Waals surface area (Å²) >= 11 is 0. The SMILES string of the molecule is CCC1CCCCC1Nc1cc([N+](=O)[O-])c(C)cn1. The average Bonchev–Trinajstić information content (AvgIpc) is 2.41. The Balaban J connectivity index is 2.14. The van der Waals surface area contributed by atoms with Gasteiger partial charge in [-0.05, 0) is 25.7 Å². The fourth-order valence-corrected chi connectivity index (χ4v) is 2.87. The zero-order valence-corrected chi connectivity index (χ0v) is 11.6. The third-order valence-corrected chi connectivity index (χ3v) is 4.04. The topological polar surface area (TPSA) is 68.1 Å². The minimum atomic E-state index is -0.347. The molecule has 104 valence electrons. The van der Waals surface area contributed by atoms with E-state index in [0.29, 0.717) is 23.3 Å². The van der Waals surface area contributed by atoms with Crippen LogP contribution in [0.5, 0.6) is 0 Å². The minimum Gasteiger partial charge on any atom is -0.367 e. The maximum Gasteiger partial charge on any atom is 0.277 e. The summed E-state index contributed by atoms with van der Waals surface area (Å²) in [7, 11) is 0. The number of nitro groups is 1. The van der Waals surface area contributed by atoms with Crippen molar-refractivity contribution in [2.24, 2.45) is 5.92 Å². The lowest BCUT2D eigenvalue weighted by Gasteiger charge is -2.31. The Morgan fingerprint density at radius 2 is 2.21 bits per heavy atom. The van der Waals surface area contributed by atoms with Crippen LogP contribution in [0.2, 0.25) is 0 Å². The second-order valence-electron chi connectivity index (χ2n) is 5.32. The van der Waals surface area contributed by atoms with Gasteiger partial charge in [-0.15, -0.1) is 0 Å². The summed E-state index contributed by atoms with van der Waals surface area (Å²) in [5.74, 6) is 1.28. The van der Waals surface area contributed by atoms with Gasteiger partial charge in [0, 0.05) is 17.8 Å². The van der Waals surface area contributed by atoms with Crippen LogP contribution in [-0.2, 0) is 0 Å². The van der Waals surface area contributed by atoms with Gasteiger partial charge in [-0.1, -0.05) is 26.2 Å². The van der Waals surface area contributed by atoms with Crippen molar-refractivity contribution in [2.45, 2.75) is 52.0 Å². The van der Waals surface area contributed by atoms with Crippen LogP contribution in [0.25, 0.3) is 0 Å². The molecule has 1 aromatic rings. The van der Waals surface area contributed by atoms with Crippen LogP contribution in [0.4, 0.5) is 11.5 Å². The van der Waals surface area contributed by atoms with E-state index < -0.39 is 0 Å². The molecule has 1 aromatic heterocycles. The zero-order valence-electron chi connectivity index (χ0n) is 11.6. The molecule has 0 radical (unpaired) electrons. The highest BCUT2D eigenvalue weighted by molar-refractivity contribution is 5.49. The van der Waals surface area contributed by atoms with Gasteiger partial charge in [-0.25, -0.2) is 4.98 Å². The van der Waals surface area contributed by atoms with E-state index in [2.05, 4.69) is 17.2 Å². The van der Waals surface area contributed by atoms with Gasteiger partial charge in [0.1, 0.15) is 5.82 Å². The van der Waals surface area contributed by atoms with Crippen LogP contribution in [0, 0.1) is 23.0 Å². The van der Waals surface area contributed by atoms with Crippen LogP contribution in [0.1, 0.15) is 44.6 Å². The second kappa shape index (κ2) is 5.99. The lowest BCUT2D eigenvalue weighted by atomic mass is 9.83. The molecule has 2 atom stereocenters. The number of anilines is 1. The van der Waals surface area contributed by atoms with Crippen LogP contribution < -0.4 is 5.32 Å². The number of nitrogens with zero attached hydrogens (tertiary/aromatic N) is 2. The minimum absolute atomic E-state index is 0.140. The van der Waals surface area contributed by atoms with Gasteiger partial charge in [-0.2, -0.15) is 0 Å². The van der Waals surface area contributed by atoms with Gasteiger partial charge >= 0.3 is 0 Å². The van der Waals surface area contributed by atoms with Crippen molar-refractivity contribution in [1.29, 1.82) is 0 Å². The van der Waals surface area contributed by atoms with Crippen molar-refractivity contribution < 1.29 is 4.92 Å². The van der Waals surface area contributed by atoms with E-state index in [9.17, 15) is 10.1 Å². The van der Waals surface area contributed by atoms with Crippen molar-refractivity contribution in [3.8, 4) is 0 Å². The van der Waals surface area contributed by atoms with E-state index in [1.807, 2.05) is 0 Å². The molecule has 2 rings (SSSR count). The van der Waals surface area contributed by atoms with Crippen LogP contribution in [0.15, 0.2) is 12.3 Å². The van der Waals surface area contributed by atoms with Crippen molar-refractivity contribution in [2.75, 3.05) is 5.32 Å². The van der Waals surface area contributed by atoms with Crippen LogP contribution in [0.3, 0.4) is 0 Å². The van der Waals surface area contributed by atoms with Crippen molar-refractivity contribution in [1.82, 2.24) is 4.98 Å². The molecule has 5 heteroatoms. The first-order valence-corrected chi connectivity index (χ1v) is 6.99. The molecule has 2 unspecified atom stereocenters. The predicted molar refractivity (Wildman–Crippen MR) is 75.3 cm³/mol. The summed E-state index contributed by atoms with van der Waals surface area (Å²) in [6, 6.07) is 1.95. The third-order valence-electron chi connectivity index (χ3n) is 4.04. The molecule has 1 heterocycles. The number of aromatic nitrogens is 1. The third kappa shape index (κ3) is 3.22. The van der Waals surface area contributed by atoms with Crippen molar-refractivity contribution in [3.63, 3.8) is 0 Å². The smallest absolute Gasteiger partial charge is 0.277 e. The predicted octanol–water partition coefficient (Wildman–Crippen LogP) is 3.68. The number of nitrogens with one attached hydrogen (secondary N) is 1. The summed E-state index contributed by atoms with van der Waals surface area (Å²) in [6.07, 6.45) is 7.60. The molecule has 0 aliphatic heterocycles. The average molecular weight is 263 g/mol. The van der Waals surface area contributed by atoms with E-state index in [-0.39, 0.29) is 10.6 Å². The zero-order chi connectivity index (χ0) is 13.8. The first kappa shape index (κ1) is 13.8. The van der Waals surface area contributed by atoms with Gasteiger partial charge < -0.3 is 5.32 Å². The Hall–Kier alpha value is -1.65. The van der Waals surface area contributed by atoms with E-state index in [1.165, 1.54) is 19.3 Å². The van der Waals surface area contributed by atoms with E-state index in [1.54, 1.807) is 19.2 Å². The van der Waals surface area contributed by atoms with E-state index in [0.717, 1.165) is 12.8 Å². The van der Waals surface area contributed by atoms with Gasteiger partial charge in [-0.3, -0.25) is 10.1 Å². The van der Waals surface area contributed by atoms with Crippen LogP contribution >= 0.6 is 0 Å². The molecule has 0 saturated heterocycles. The molecular formula is C14H21N3O2. The molecule has 1 aliphatic carbocycles. The number of hydrogen-bond acceptors (Lipinski definition) is 4. The first-order valence-electron chi connectivity index (χ1n) is 6.99. The highest BCUT2D eigenvalue weighted by Crippen LogP contribution is 2.30. The Morgan fingerprint density at radius 1 is 1.47 bits per heavy atom. The number of aryl methyl sites for hydroxylation is 1. The Kier molecular flexibility index (Phi) is 4.35. The lowest BCUT2D eigenvalue weighted by molar-refractivity contribution is -0.385. The maximum atomic E-state index is 10.9. The number of pyridine rings is 1. The van der Waals surface area contributed by atoms with Crippen LogP contribution in [-0.4, -0.2) is 15.9 Å². The number of hydrogen-bond donors (Lipinski definition) is 1. The fourth-order valence-electron chi connectivity index (χ4n) is 2.87. The highest BCUT2D eigenvalue weighted by atomic mass is 16.6. The summed E-state index contributed by atoms with van der Waals surface area (Å²) in [5, 5.41) is 14.3.